The van der Waals surface area contributed by atoms with Crippen LogP contribution in [0.5, 0.6) is 0 Å². The summed E-state index contributed by atoms with van der Waals surface area (Å²) in [6, 6.07) is 46.4. The molecular formula is C49H29NO2. The summed E-state index contributed by atoms with van der Waals surface area (Å²) in [6.07, 6.45) is 0. The number of benzene rings is 8. The fraction of sp³-hybridized carbons (Fsp3) is 0. The molecule has 0 atom stereocenters. The van der Waals surface area contributed by atoms with Crippen LogP contribution in [-0.4, -0.2) is 4.40 Å². The average molecular weight is 669 g/mol. The number of aromatic nitrogens is 1. The SMILES string of the molecule is [2H]c1c([2H])c([2H])c(-c2cc(-c3ccc(-c4ccc5c(=O)c6ccccc6oc5c4)cc3)cc(-c3ccc4c5ccccc5n5c6ccccc6c3c45)c2)c([2H])c1[2H]. The molecule has 0 aliphatic rings. The van der Waals surface area contributed by atoms with Gasteiger partial charge in [0.25, 0.3) is 0 Å². The lowest BCUT2D eigenvalue weighted by atomic mass is 9.90. The molecule has 11 aromatic rings. The highest BCUT2D eigenvalue weighted by Crippen LogP contribution is 2.45. The molecule has 0 aliphatic heterocycles. The fourth-order valence-electron chi connectivity index (χ4n) is 8.03. The molecule has 0 bridgehead atoms. The minimum Gasteiger partial charge on any atom is -0.456 e. The van der Waals surface area contributed by atoms with Crippen LogP contribution in [0.15, 0.2) is 185 Å². The molecule has 0 N–H and O–H groups in total. The van der Waals surface area contributed by atoms with Gasteiger partial charge in [0, 0.05) is 21.5 Å². The Bertz CT molecular complexity index is 3520. The molecule has 0 radical (unpaired) electrons. The monoisotopic (exact) mass is 668 g/mol. The maximum atomic E-state index is 13.2. The second kappa shape index (κ2) is 11.0. The van der Waals surface area contributed by atoms with E-state index in [9.17, 15) is 4.79 Å². The first-order chi connectivity index (χ1) is 27.8. The largest absolute Gasteiger partial charge is 0.456 e. The van der Waals surface area contributed by atoms with Crippen LogP contribution in [0.3, 0.4) is 0 Å². The van der Waals surface area contributed by atoms with Crippen molar-refractivity contribution in [2.75, 3.05) is 0 Å². The topological polar surface area (TPSA) is 34.6 Å². The first-order valence-electron chi connectivity index (χ1n) is 19.7. The van der Waals surface area contributed by atoms with Crippen LogP contribution in [-0.2, 0) is 0 Å². The van der Waals surface area contributed by atoms with Gasteiger partial charge in [-0.3, -0.25) is 4.79 Å². The van der Waals surface area contributed by atoms with Gasteiger partial charge in [-0.15, -0.1) is 0 Å². The van der Waals surface area contributed by atoms with E-state index in [2.05, 4.69) is 71.1 Å². The third-order valence-corrected chi connectivity index (χ3v) is 10.4. The zero-order chi connectivity index (χ0) is 38.7. The van der Waals surface area contributed by atoms with E-state index in [4.69, 9.17) is 11.3 Å². The van der Waals surface area contributed by atoms with E-state index in [1.807, 2.05) is 66.7 Å². The molecule has 242 valence electrons. The molecule has 8 aromatic carbocycles. The van der Waals surface area contributed by atoms with Crippen LogP contribution < -0.4 is 5.43 Å². The molecule has 0 unspecified atom stereocenters. The summed E-state index contributed by atoms with van der Waals surface area (Å²) in [5.74, 6) is 0. The zero-order valence-corrected chi connectivity index (χ0v) is 27.6. The van der Waals surface area contributed by atoms with Gasteiger partial charge < -0.3 is 8.82 Å². The van der Waals surface area contributed by atoms with Gasteiger partial charge in [0.1, 0.15) is 11.2 Å². The third-order valence-electron chi connectivity index (χ3n) is 10.4. The number of hydrogen-bond donors (Lipinski definition) is 0. The summed E-state index contributed by atoms with van der Waals surface area (Å²) in [7, 11) is 0. The molecule has 0 saturated heterocycles. The zero-order valence-electron chi connectivity index (χ0n) is 32.6. The molecular weight excluding hydrogens is 635 g/mol. The van der Waals surface area contributed by atoms with E-state index in [0.29, 0.717) is 27.5 Å². The third kappa shape index (κ3) is 4.23. The molecule has 3 heteroatoms. The van der Waals surface area contributed by atoms with E-state index in [-0.39, 0.29) is 35.2 Å². The molecule has 0 spiro atoms. The predicted molar refractivity (Wildman–Crippen MR) is 216 cm³/mol. The fourth-order valence-corrected chi connectivity index (χ4v) is 8.03. The lowest BCUT2D eigenvalue weighted by Gasteiger charge is -2.13. The van der Waals surface area contributed by atoms with Crippen molar-refractivity contribution in [2.45, 2.75) is 0 Å². The van der Waals surface area contributed by atoms with Gasteiger partial charge in [-0.05, 0) is 99.1 Å². The number of nitrogens with zero attached hydrogens (tertiary/aromatic N) is 1. The Morgan fingerprint density at radius 1 is 0.442 bits per heavy atom. The normalized spacial score (nSPS) is 13.3. The highest BCUT2D eigenvalue weighted by molar-refractivity contribution is 6.27. The van der Waals surface area contributed by atoms with Crippen LogP contribution in [0.25, 0.3) is 105 Å². The maximum Gasteiger partial charge on any atom is 0.200 e. The number of fused-ring (bicyclic) bond motifs is 8. The van der Waals surface area contributed by atoms with Gasteiger partial charge in [-0.2, -0.15) is 0 Å². The maximum absolute atomic E-state index is 13.2. The molecule has 0 saturated carbocycles. The Kier molecular flexibility index (Phi) is 5.13. The van der Waals surface area contributed by atoms with Crippen molar-refractivity contribution in [3.8, 4) is 44.5 Å². The van der Waals surface area contributed by atoms with Crippen molar-refractivity contribution < 1.29 is 11.3 Å². The first kappa shape index (κ1) is 24.2. The highest BCUT2D eigenvalue weighted by atomic mass is 16.3. The summed E-state index contributed by atoms with van der Waals surface area (Å²) in [5, 5.41) is 5.60. The number of hydrogen-bond acceptors (Lipinski definition) is 2. The number of rotatable bonds is 4. The Labute approximate surface area is 305 Å². The summed E-state index contributed by atoms with van der Waals surface area (Å²) in [6.45, 7) is 0. The van der Waals surface area contributed by atoms with Crippen LogP contribution in [0.2, 0.25) is 0 Å². The van der Waals surface area contributed by atoms with Gasteiger partial charge >= 0.3 is 0 Å². The molecule has 3 aromatic heterocycles. The van der Waals surface area contributed by atoms with Crippen LogP contribution >= 0.6 is 0 Å². The van der Waals surface area contributed by atoms with Gasteiger partial charge in [0.15, 0.2) is 0 Å². The van der Waals surface area contributed by atoms with E-state index < -0.39 is 6.04 Å². The van der Waals surface area contributed by atoms with Gasteiger partial charge in [-0.1, -0.05) is 121 Å². The highest BCUT2D eigenvalue weighted by Gasteiger charge is 2.21. The molecule has 0 amide bonds. The molecule has 11 rings (SSSR count). The minimum atomic E-state index is -0.426. The van der Waals surface area contributed by atoms with Crippen molar-refractivity contribution >= 4 is 60.0 Å². The van der Waals surface area contributed by atoms with Gasteiger partial charge in [-0.25, -0.2) is 0 Å². The summed E-state index contributed by atoms with van der Waals surface area (Å²) in [4.78, 5) is 13.2. The molecule has 0 aliphatic carbocycles. The second-order valence-electron chi connectivity index (χ2n) is 13.3. The minimum absolute atomic E-state index is 0.0637. The van der Waals surface area contributed by atoms with E-state index in [1.165, 1.54) is 5.39 Å². The lowest BCUT2D eigenvalue weighted by molar-refractivity contribution is 0.660. The van der Waals surface area contributed by atoms with Crippen molar-refractivity contribution in [2.24, 2.45) is 0 Å². The van der Waals surface area contributed by atoms with Crippen molar-refractivity contribution in [3.63, 3.8) is 0 Å². The quantitative estimate of drug-likeness (QED) is 0.175. The van der Waals surface area contributed by atoms with E-state index in [1.54, 1.807) is 12.1 Å². The van der Waals surface area contributed by atoms with E-state index >= 15 is 0 Å². The van der Waals surface area contributed by atoms with Crippen LogP contribution in [0.4, 0.5) is 0 Å². The van der Waals surface area contributed by atoms with Crippen molar-refractivity contribution in [1.29, 1.82) is 0 Å². The average Bonchev–Trinajstić information content (AvgIpc) is 3.78. The second-order valence-corrected chi connectivity index (χ2v) is 13.3. The first-order valence-corrected chi connectivity index (χ1v) is 17.2. The lowest BCUT2D eigenvalue weighted by Crippen LogP contribution is -2.01. The smallest absolute Gasteiger partial charge is 0.200 e. The van der Waals surface area contributed by atoms with Crippen molar-refractivity contribution in [3.05, 3.63) is 186 Å². The van der Waals surface area contributed by atoms with Crippen LogP contribution in [0, 0.1) is 0 Å². The summed E-state index contributed by atoms with van der Waals surface area (Å²) >= 11 is 0. The van der Waals surface area contributed by atoms with E-state index in [0.717, 1.165) is 66.1 Å². The molecule has 52 heavy (non-hydrogen) atoms. The molecule has 3 nitrogen and oxygen atoms in total. The number of para-hydroxylation sites is 3. The molecule has 3 heterocycles. The molecule has 0 fully saturated rings. The van der Waals surface area contributed by atoms with Gasteiger partial charge in [0.05, 0.1) is 34.2 Å². The predicted octanol–water partition coefficient (Wildman–Crippen LogP) is 12.8. The Morgan fingerprint density at radius 2 is 1.02 bits per heavy atom. The Balaban J connectivity index is 1.12. The Morgan fingerprint density at radius 3 is 1.81 bits per heavy atom. The standard InChI is InChI=1S/C49H29NO2/c51-49-41-14-6-9-17-45(41)52-46-29-33(22-23-42(46)49)31-18-20-32(21-19-31)35-26-34(30-10-2-1-3-11-30)27-36(28-35)37-24-25-39-38-12-4-7-15-43(38)50-44-16-8-5-13-40(44)47(37)48(39)50/h1-29H/i1D,2D,3D,10D,11D. The summed E-state index contributed by atoms with van der Waals surface area (Å²) < 4.78 is 51.5. The van der Waals surface area contributed by atoms with Crippen LogP contribution in [0.1, 0.15) is 6.85 Å². The Hall–Kier alpha value is -6.97. The van der Waals surface area contributed by atoms with Crippen molar-refractivity contribution in [1.82, 2.24) is 4.40 Å². The van der Waals surface area contributed by atoms with Gasteiger partial charge in [0.2, 0.25) is 5.43 Å². The summed E-state index contributed by atoms with van der Waals surface area (Å²) in [5.41, 5.74) is 10.4.